The summed E-state index contributed by atoms with van der Waals surface area (Å²) in [5.41, 5.74) is 2.80. The van der Waals surface area contributed by atoms with Crippen molar-refractivity contribution in [3.63, 3.8) is 0 Å². The van der Waals surface area contributed by atoms with Gasteiger partial charge in [-0.3, -0.25) is 0 Å². The minimum Gasteiger partial charge on any atom is -0.387 e. The molecule has 0 aromatic heterocycles. The molecular formula is C11H12BN. The number of hydrogen-bond donors (Lipinski definition) is 1. The number of allylic oxidation sites excluding steroid dienone is 2. The predicted octanol–water partition coefficient (Wildman–Crippen LogP) is 0.879. The topological polar surface area (TPSA) is 12.0 Å². The van der Waals surface area contributed by atoms with Gasteiger partial charge in [-0.15, -0.1) is 5.98 Å². The lowest BCUT2D eigenvalue weighted by Crippen LogP contribution is -2.20. The van der Waals surface area contributed by atoms with Gasteiger partial charge >= 0.3 is 0 Å². The highest BCUT2D eigenvalue weighted by atomic mass is 14.8. The summed E-state index contributed by atoms with van der Waals surface area (Å²) < 4.78 is 0. The number of rotatable bonds is 0. The Morgan fingerprint density at radius 2 is 2.08 bits per heavy atom. The lowest BCUT2D eigenvalue weighted by molar-refractivity contribution is 0.875. The molecule has 0 saturated carbocycles. The van der Waals surface area contributed by atoms with Crippen LogP contribution < -0.4 is 10.8 Å². The summed E-state index contributed by atoms with van der Waals surface area (Å²) in [6, 6.07) is 8.55. The van der Waals surface area contributed by atoms with Crippen LogP contribution in [0.2, 0.25) is 0 Å². The number of fused-ring (bicyclic) bond motifs is 1. The van der Waals surface area contributed by atoms with E-state index in [9.17, 15) is 0 Å². The highest BCUT2D eigenvalue weighted by molar-refractivity contribution is 6.59. The highest BCUT2D eigenvalue weighted by Gasteiger charge is 1.99. The third kappa shape index (κ3) is 2.02. The van der Waals surface area contributed by atoms with Crippen LogP contribution in [0.15, 0.2) is 48.6 Å². The van der Waals surface area contributed by atoms with Crippen molar-refractivity contribution in [1.82, 2.24) is 5.32 Å². The van der Waals surface area contributed by atoms with Crippen molar-refractivity contribution in [3.05, 3.63) is 54.2 Å². The zero-order chi connectivity index (χ0) is 8.93. The molecular weight excluding hydrogens is 157 g/mol. The first kappa shape index (κ1) is 8.18. The lowest BCUT2D eigenvalue weighted by atomic mass is 9.68. The third-order valence-electron chi connectivity index (χ3n) is 2.21. The van der Waals surface area contributed by atoms with E-state index >= 15 is 0 Å². The summed E-state index contributed by atoms with van der Waals surface area (Å²) in [6.07, 6.45) is 6.10. The van der Waals surface area contributed by atoms with Crippen molar-refractivity contribution in [2.24, 2.45) is 0 Å². The highest BCUT2D eigenvalue weighted by Crippen LogP contribution is 1.96. The van der Waals surface area contributed by atoms with E-state index in [1.807, 2.05) is 12.3 Å². The van der Waals surface area contributed by atoms with E-state index in [2.05, 4.69) is 41.6 Å². The van der Waals surface area contributed by atoms with E-state index in [-0.39, 0.29) is 0 Å². The molecule has 1 aromatic rings. The molecule has 0 saturated heterocycles. The van der Waals surface area contributed by atoms with Crippen molar-refractivity contribution in [2.75, 3.05) is 0 Å². The van der Waals surface area contributed by atoms with Crippen molar-refractivity contribution >= 4 is 12.7 Å². The van der Waals surface area contributed by atoms with Crippen LogP contribution in [0, 0.1) is 0 Å². The average Bonchev–Trinajstić information content (AvgIpc) is 2.28. The van der Waals surface area contributed by atoms with E-state index < -0.39 is 0 Å². The Hall–Kier alpha value is -1.44. The zero-order valence-corrected chi connectivity index (χ0v) is 7.53. The van der Waals surface area contributed by atoms with Gasteiger partial charge in [0.25, 0.3) is 0 Å². The quantitative estimate of drug-likeness (QED) is 0.568. The second-order valence-corrected chi connectivity index (χ2v) is 3.14. The molecule has 1 aromatic carbocycles. The van der Waals surface area contributed by atoms with Crippen LogP contribution in [0.1, 0.15) is 5.56 Å². The van der Waals surface area contributed by atoms with Gasteiger partial charge < -0.3 is 5.32 Å². The maximum absolute atomic E-state index is 3.25. The largest absolute Gasteiger partial charge is 0.387 e. The Morgan fingerprint density at radius 3 is 3.08 bits per heavy atom. The summed E-state index contributed by atoms with van der Waals surface area (Å²) in [6.45, 7) is 0.925. The van der Waals surface area contributed by atoms with Gasteiger partial charge in [0.05, 0.1) is 0 Å². The Kier molecular flexibility index (Phi) is 2.51. The molecule has 13 heavy (non-hydrogen) atoms. The Bertz CT molecular complexity index is 342. The standard InChI is InChI=1S/C11H12BN/c1-2-6-11-10(5-1)9-13-8-4-3-7-12-11/h1-8,12-13H,9H2/b7-3-,8-4-. The number of nitrogens with one attached hydrogen (secondary N) is 1. The van der Waals surface area contributed by atoms with Gasteiger partial charge in [0.15, 0.2) is 7.28 Å². The molecule has 0 unspecified atom stereocenters. The van der Waals surface area contributed by atoms with Crippen LogP contribution in [0.5, 0.6) is 0 Å². The van der Waals surface area contributed by atoms with Gasteiger partial charge in [-0.1, -0.05) is 35.8 Å². The molecule has 1 heterocycles. The maximum atomic E-state index is 3.25. The van der Waals surface area contributed by atoms with Crippen molar-refractivity contribution < 1.29 is 0 Å². The van der Waals surface area contributed by atoms with Crippen LogP contribution in [0.4, 0.5) is 0 Å². The summed E-state index contributed by atoms with van der Waals surface area (Å²) >= 11 is 0. The molecule has 1 nitrogen and oxygen atoms in total. The van der Waals surface area contributed by atoms with Crippen molar-refractivity contribution in [1.29, 1.82) is 0 Å². The summed E-state index contributed by atoms with van der Waals surface area (Å²) in [5, 5.41) is 3.25. The van der Waals surface area contributed by atoms with E-state index in [1.165, 1.54) is 11.0 Å². The molecule has 0 amide bonds. The second kappa shape index (κ2) is 3.99. The summed E-state index contributed by atoms with van der Waals surface area (Å²) in [5.74, 6) is 2.18. The molecule has 0 aliphatic carbocycles. The molecule has 1 aliphatic heterocycles. The van der Waals surface area contributed by atoms with E-state index in [4.69, 9.17) is 0 Å². The zero-order valence-electron chi connectivity index (χ0n) is 7.53. The fourth-order valence-corrected chi connectivity index (χ4v) is 1.50. The molecule has 64 valence electrons. The molecule has 0 spiro atoms. The molecule has 0 radical (unpaired) electrons. The molecule has 0 atom stereocenters. The van der Waals surface area contributed by atoms with E-state index in [0.717, 1.165) is 13.8 Å². The molecule has 1 N–H and O–H groups in total. The summed E-state index contributed by atoms with van der Waals surface area (Å²) in [4.78, 5) is 0. The SMILES string of the molecule is B1/C=C\C=C/NCc2ccccc21. The second-order valence-electron chi connectivity index (χ2n) is 3.14. The number of hydrogen-bond acceptors (Lipinski definition) is 1. The van der Waals surface area contributed by atoms with Crippen LogP contribution in [0.3, 0.4) is 0 Å². The molecule has 1 aliphatic rings. The monoisotopic (exact) mass is 169 g/mol. The Labute approximate surface area is 79.4 Å². The molecule has 0 fully saturated rings. The van der Waals surface area contributed by atoms with Crippen LogP contribution in [0.25, 0.3) is 0 Å². The fourth-order valence-electron chi connectivity index (χ4n) is 1.50. The molecule has 2 heteroatoms. The first-order valence-electron chi connectivity index (χ1n) is 4.58. The van der Waals surface area contributed by atoms with Gasteiger partial charge in [0.1, 0.15) is 0 Å². The smallest absolute Gasteiger partial charge is 0.183 e. The van der Waals surface area contributed by atoms with Gasteiger partial charge in [-0.25, -0.2) is 0 Å². The predicted molar refractivity (Wildman–Crippen MR) is 58.3 cm³/mol. The number of benzene rings is 1. The molecule has 0 bridgehead atoms. The van der Waals surface area contributed by atoms with Gasteiger partial charge in [-0.2, -0.15) is 0 Å². The summed E-state index contributed by atoms with van der Waals surface area (Å²) in [7, 11) is 1.03. The van der Waals surface area contributed by atoms with Gasteiger partial charge in [0, 0.05) is 6.54 Å². The van der Waals surface area contributed by atoms with Crippen LogP contribution in [-0.2, 0) is 6.54 Å². The minimum absolute atomic E-state index is 0.925. The fraction of sp³-hybridized carbons (Fsp3) is 0.0909. The average molecular weight is 169 g/mol. The van der Waals surface area contributed by atoms with Crippen LogP contribution in [-0.4, -0.2) is 7.28 Å². The van der Waals surface area contributed by atoms with Crippen LogP contribution >= 0.6 is 0 Å². The van der Waals surface area contributed by atoms with Crippen molar-refractivity contribution in [3.8, 4) is 0 Å². The first-order chi connectivity index (χ1) is 6.47. The molecule has 2 rings (SSSR count). The van der Waals surface area contributed by atoms with E-state index in [0.29, 0.717) is 0 Å². The lowest BCUT2D eigenvalue weighted by Gasteiger charge is -2.05. The minimum atomic E-state index is 0.925. The maximum Gasteiger partial charge on any atom is 0.183 e. The van der Waals surface area contributed by atoms with Gasteiger partial charge in [-0.05, 0) is 17.8 Å². The third-order valence-corrected chi connectivity index (χ3v) is 2.21. The Morgan fingerprint density at radius 1 is 1.15 bits per heavy atom. The Balaban J connectivity index is 2.31. The van der Waals surface area contributed by atoms with Gasteiger partial charge in [0.2, 0.25) is 0 Å². The first-order valence-corrected chi connectivity index (χ1v) is 4.58. The van der Waals surface area contributed by atoms with Crippen molar-refractivity contribution in [2.45, 2.75) is 6.54 Å². The van der Waals surface area contributed by atoms with E-state index in [1.54, 1.807) is 0 Å². The normalized spacial score (nSPS) is 19.4.